The van der Waals surface area contributed by atoms with E-state index in [1.54, 1.807) is 18.4 Å². The molecule has 1 saturated heterocycles. The third kappa shape index (κ3) is 3.64. The maximum atomic E-state index is 13.1. The molecule has 1 aromatic heterocycles. The van der Waals surface area contributed by atoms with Crippen molar-refractivity contribution in [2.24, 2.45) is 0 Å². The molecule has 2 aliphatic heterocycles. The van der Waals surface area contributed by atoms with Crippen LogP contribution in [0.4, 0.5) is 0 Å². The van der Waals surface area contributed by atoms with Gasteiger partial charge < -0.3 is 14.2 Å². The van der Waals surface area contributed by atoms with Crippen LogP contribution in [0.25, 0.3) is 0 Å². The van der Waals surface area contributed by atoms with Gasteiger partial charge in [-0.1, -0.05) is 29.3 Å². The highest BCUT2D eigenvalue weighted by Crippen LogP contribution is 2.33. The van der Waals surface area contributed by atoms with Gasteiger partial charge in [0, 0.05) is 25.1 Å². The van der Waals surface area contributed by atoms with Gasteiger partial charge in [0.1, 0.15) is 5.76 Å². The number of hydrogen-bond donors (Lipinski definition) is 0. The predicted octanol–water partition coefficient (Wildman–Crippen LogP) is 4.35. The largest absolute Gasteiger partial charge is 0.469 e. The minimum Gasteiger partial charge on any atom is -0.469 e. The van der Waals surface area contributed by atoms with Gasteiger partial charge in [0.05, 0.1) is 28.8 Å². The first-order valence-electron chi connectivity index (χ1n) is 9.14. The third-order valence-electron chi connectivity index (χ3n) is 5.38. The lowest BCUT2D eigenvalue weighted by Gasteiger charge is -2.37. The van der Waals surface area contributed by atoms with E-state index >= 15 is 0 Å². The lowest BCUT2D eigenvalue weighted by atomic mass is 9.97. The zero-order valence-corrected chi connectivity index (χ0v) is 16.1. The van der Waals surface area contributed by atoms with Gasteiger partial charge >= 0.3 is 0 Å². The molecule has 0 saturated carbocycles. The number of hydrogen-bond acceptors (Lipinski definition) is 3. The zero-order chi connectivity index (χ0) is 18.1. The smallest absolute Gasteiger partial charge is 0.227 e. The second kappa shape index (κ2) is 7.63. The van der Waals surface area contributed by atoms with Crippen molar-refractivity contribution in [1.29, 1.82) is 0 Å². The van der Waals surface area contributed by atoms with E-state index in [2.05, 4.69) is 4.90 Å². The molecule has 3 heterocycles. The predicted molar refractivity (Wildman–Crippen MR) is 103 cm³/mol. The van der Waals surface area contributed by atoms with E-state index in [0.29, 0.717) is 23.0 Å². The summed E-state index contributed by atoms with van der Waals surface area (Å²) >= 11 is 12.1. The molecule has 6 heteroatoms. The summed E-state index contributed by atoms with van der Waals surface area (Å²) in [5.74, 6) is 1.15. The van der Waals surface area contributed by atoms with Crippen LogP contribution in [0.2, 0.25) is 10.0 Å². The SMILES string of the molecule is O=C(Cc1ccc(Cl)c(Cl)c1)N1CCc2occc2[C@H]1CN1CCCC1. The van der Waals surface area contributed by atoms with Crippen molar-refractivity contribution >= 4 is 29.1 Å². The first-order valence-corrected chi connectivity index (χ1v) is 9.89. The minimum absolute atomic E-state index is 0.0610. The molecule has 0 unspecified atom stereocenters. The van der Waals surface area contributed by atoms with Crippen molar-refractivity contribution in [2.75, 3.05) is 26.2 Å². The summed E-state index contributed by atoms with van der Waals surface area (Å²) in [5.41, 5.74) is 2.05. The van der Waals surface area contributed by atoms with Gasteiger partial charge in [0.25, 0.3) is 0 Å². The second-order valence-electron chi connectivity index (χ2n) is 7.09. The number of nitrogens with zero attached hydrogens (tertiary/aromatic N) is 2. The van der Waals surface area contributed by atoms with E-state index in [0.717, 1.165) is 42.9 Å². The number of carbonyl (C=O) groups excluding carboxylic acids is 1. The van der Waals surface area contributed by atoms with Gasteiger partial charge in [-0.25, -0.2) is 0 Å². The molecule has 0 aliphatic carbocycles. The van der Waals surface area contributed by atoms with Gasteiger partial charge in [-0.3, -0.25) is 4.79 Å². The first kappa shape index (κ1) is 17.9. The van der Waals surface area contributed by atoms with Gasteiger partial charge in [-0.05, 0) is 49.7 Å². The van der Waals surface area contributed by atoms with Crippen LogP contribution in [0, 0.1) is 0 Å². The summed E-state index contributed by atoms with van der Waals surface area (Å²) in [4.78, 5) is 17.5. The molecule has 1 amide bonds. The molecule has 138 valence electrons. The Hall–Kier alpha value is -1.49. The molecule has 0 radical (unpaired) electrons. The molecule has 2 aromatic rings. The van der Waals surface area contributed by atoms with E-state index in [1.165, 1.54) is 12.8 Å². The number of amides is 1. The van der Waals surface area contributed by atoms with Gasteiger partial charge in [0.15, 0.2) is 0 Å². The van der Waals surface area contributed by atoms with Crippen LogP contribution in [0.5, 0.6) is 0 Å². The molecule has 0 bridgehead atoms. The van der Waals surface area contributed by atoms with E-state index in [9.17, 15) is 4.79 Å². The zero-order valence-electron chi connectivity index (χ0n) is 14.6. The van der Waals surface area contributed by atoms with Crippen LogP contribution in [0.1, 0.15) is 35.8 Å². The van der Waals surface area contributed by atoms with E-state index in [1.807, 2.05) is 17.0 Å². The van der Waals surface area contributed by atoms with Gasteiger partial charge in [0.2, 0.25) is 5.91 Å². The molecule has 1 atom stereocenters. The average Bonchev–Trinajstić information content (AvgIpc) is 3.29. The molecular weight excluding hydrogens is 371 g/mol. The molecule has 26 heavy (non-hydrogen) atoms. The lowest BCUT2D eigenvalue weighted by Crippen LogP contribution is -2.45. The highest BCUT2D eigenvalue weighted by Gasteiger charge is 2.34. The molecule has 4 rings (SSSR count). The van der Waals surface area contributed by atoms with E-state index < -0.39 is 0 Å². The van der Waals surface area contributed by atoms with Crippen molar-refractivity contribution in [3.63, 3.8) is 0 Å². The topological polar surface area (TPSA) is 36.7 Å². The summed E-state index contributed by atoms with van der Waals surface area (Å²) in [6, 6.07) is 7.48. The fraction of sp³-hybridized carbons (Fsp3) is 0.450. The quantitative estimate of drug-likeness (QED) is 0.775. The summed E-state index contributed by atoms with van der Waals surface area (Å²) in [7, 11) is 0. The van der Waals surface area contributed by atoms with Crippen LogP contribution in [-0.2, 0) is 17.6 Å². The number of rotatable bonds is 4. The highest BCUT2D eigenvalue weighted by molar-refractivity contribution is 6.42. The fourth-order valence-electron chi connectivity index (χ4n) is 4.03. The van der Waals surface area contributed by atoms with E-state index in [-0.39, 0.29) is 11.9 Å². The normalized spacial score (nSPS) is 20.4. The molecule has 4 nitrogen and oxygen atoms in total. The monoisotopic (exact) mass is 392 g/mol. The Kier molecular flexibility index (Phi) is 5.25. The maximum absolute atomic E-state index is 13.1. The van der Waals surface area contributed by atoms with Crippen molar-refractivity contribution < 1.29 is 9.21 Å². The Morgan fingerprint density at radius 2 is 1.92 bits per heavy atom. The molecule has 1 fully saturated rings. The second-order valence-corrected chi connectivity index (χ2v) is 7.90. The number of benzene rings is 1. The lowest BCUT2D eigenvalue weighted by molar-refractivity contribution is -0.133. The summed E-state index contributed by atoms with van der Waals surface area (Å²) in [5, 5.41) is 0.997. The standard InChI is InChI=1S/C20H22Cl2N2O2/c21-16-4-3-14(11-17(16)22)12-20(25)24-9-5-19-15(6-10-26-19)18(24)13-23-7-1-2-8-23/h3-4,6,10-11,18H,1-2,5,7-9,12-13H2/t18-/m1/s1. The Labute approximate surface area is 163 Å². The summed E-state index contributed by atoms with van der Waals surface area (Å²) in [6.45, 7) is 3.79. The molecule has 0 N–H and O–H groups in total. The Morgan fingerprint density at radius 3 is 2.69 bits per heavy atom. The van der Waals surface area contributed by atoms with Crippen LogP contribution < -0.4 is 0 Å². The summed E-state index contributed by atoms with van der Waals surface area (Å²) in [6.07, 6.45) is 5.32. The minimum atomic E-state index is 0.0610. The number of furan rings is 1. The molecular formula is C20H22Cl2N2O2. The maximum Gasteiger partial charge on any atom is 0.227 e. The van der Waals surface area contributed by atoms with Crippen LogP contribution >= 0.6 is 23.2 Å². The van der Waals surface area contributed by atoms with Crippen LogP contribution in [-0.4, -0.2) is 41.9 Å². The third-order valence-corrected chi connectivity index (χ3v) is 6.12. The molecule has 0 spiro atoms. The Bertz CT molecular complexity index is 799. The van der Waals surface area contributed by atoms with Crippen molar-refractivity contribution in [1.82, 2.24) is 9.80 Å². The highest BCUT2D eigenvalue weighted by atomic mass is 35.5. The first-order chi connectivity index (χ1) is 12.6. The Morgan fingerprint density at radius 1 is 1.12 bits per heavy atom. The Balaban J connectivity index is 1.54. The van der Waals surface area contributed by atoms with Crippen LogP contribution in [0.3, 0.4) is 0 Å². The average molecular weight is 393 g/mol. The fourth-order valence-corrected chi connectivity index (χ4v) is 4.35. The number of halogens is 2. The number of carbonyl (C=O) groups is 1. The van der Waals surface area contributed by atoms with Crippen molar-refractivity contribution in [2.45, 2.75) is 31.7 Å². The molecule has 2 aliphatic rings. The van der Waals surface area contributed by atoms with E-state index in [4.69, 9.17) is 27.6 Å². The number of fused-ring (bicyclic) bond motifs is 1. The van der Waals surface area contributed by atoms with Gasteiger partial charge in [-0.15, -0.1) is 0 Å². The van der Waals surface area contributed by atoms with Gasteiger partial charge in [-0.2, -0.15) is 0 Å². The summed E-state index contributed by atoms with van der Waals surface area (Å²) < 4.78 is 5.64. The molecule has 1 aromatic carbocycles. The number of likely N-dealkylation sites (tertiary alicyclic amines) is 1. The van der Waals surface area contributed by atoms with Crippen molar-refractivity contribution in [3.8, 4) is 0 Å². The van der Waals surface area contributed by atoms with Crippen molar-refractivity contribution in [3.05, 3.63) is 57.5 Å². The van der Waals surface area contributed by atoms with Crippen LogP contribution in [0.15, 0.2) is 34.9 Å².